The van der Waals surface area contributed by atoms with Gasteiger partial charge in [0.1, 0.15) is 5.69 Å². The number of primary amides is 1. The van der Waals surface area contributed by atoms with E-state index >= 15 is 0 Å². The van der Waals surface area contributed by atoms with Crippen molar-refractivity contribution in [1.82, 2.24) is 9.97 Å². The van der Waals surface area contributed by atoms with E-state index in [1.54, 1.807) is 0 Å². The monoisotopic (exact) mass is 468 g/mol. The van der Waals surface area contributed by atoms with Gasteiger partial charge in [0, 0.05) is 24.5 Å². The van der Waals surface area contributed by atoms with Crippen LogP contribution in [0.5, 0.6) is 5.75 Å². The fourth-order valence-corrected chi connectivity index (χ4v) is 4.16. The molecule has 3 aromatic rings. The number of fused-ring (bicyclic) bond motifs is 1. The molecule has 0 aliphatic carbocycles. The minimum atomic E-state index is -4.57. The Morgan fingerprint density at radius 2 is 2.00 bits per heavy atom. The van der Waals surface area contributed by atoms with Gasteiger partial charge in [-0.05, 0) is 24.6 Å². The number of nitrogens with one attached hydrogen (secondary N) is 1. The molecule has 0 spiro atoms. The molecule has 7 nitrogen and oxygen atoms in total. The first-order chi connectivity index (χ1) is 15.5. The number of carbonyl (C=O) groups excluding carboxylic acids is 1. The molecule has 174 valence electrons. The number of aromatic amines is 1. The number of H-pyrrole nitrogens is 1. The predicted molar refractivity (Wildman–Crippen MR) is 108 cm³/mol. The normalized spacial score (nSPS) is 18.7. The van der Waals surface area contributed by atoms with E-state index in [4.69, 9.17) is 10.5 Å². The molecule has 1 aromatic carbocycles. The topological polar surface area (TPSA) is 101 Å². The van der Waals surface area contributed by atoms with E-state index in [0.29, 0.717) is 0 Å². The van der Waals surface area contributed by atoms with Crippen molar-refractivity contribution in [1.29, 1.82) is 0 Å². The lowest BCUT2D eigenvalue weighted by Gasteiger charge is -2.28. The van der Waals surface area contributed by atoms with Gasteiger partial charge in [-0.3, -0.25) is 14.6 Å². The Morgan fingerprint density at radius 3 is 2.64 bits per heavy atom. The fraction of sp³-hybridized carbons (Fsp3) is 0.286. The van der Waals surface area contributed by atoms with Crippen molar-refractivity contribution in [3.8, 4) is 5.75 Å². The van der Waals surface area contributed by atoms with Gasteiger partial charge < -0.3 is 20.4 Å². The molecular weight excluding hydrogens is 451 g/mol. The first-order valence-corrected chi connectivity index (χ1v) is 9.70. The Hall–Kier alpha value is -3.70. The number of nitrogens with two attached hydrogens (primary N) is 1. The van der Waals surface area contributed by atoms with E-state index in [-0.39, 0.29) is 28.0 Å². The van der Waals surface area contributed by atoms with E-state index < -0.39 is 59.8 Å². The molecule has 0 radical (unpaired) electrons. The number of rotatable bonds is 4. The lowest BCUT2D eigenvalue weighted by atomic mass is 10.0. The molecule has 3 heterocycles. The zero-order valence-corrected chi connectivity index (χ0v) is 17.0. The number of carbonyl (C=O) groups is 1. The molecule has 2 atom stereocenters. The number of amides is 1. The van der Waals surface area contributed by atoms with Crippen molar-refractivity contribution in [3.05, 3.63) is 63.7 Å². The molecule has 1 aliphatic rings. The third-order valence-corrected chi connectivity index (χ3v) is 5.66. The minimum absolute atomic E-state index is 0.0904. The molecule has 1 amide bonds. The van der Waals surface area contributed by atoms with Gasteiger partial charge in [0.05, 0.1) is 35.7 Å². The average molecular weight is 468 g/mol. The van der Waals surface area contributed by atoms with Crippen LogP contribution in [-0.4, -0.2) is 35.7 Å². The largest absolute Gasteiger partial charge is 0.491 e. The van der Waals surface area contributed by atoms with Crippen LogP contribution >= 0.6 is 0 Å². The zero-order valence-electron chi connectivity index (χ0n) is 17.0. The zero-order chi connectivity index (χ0) is 24.1. The summed E-state index contributed by atoms with van der Waals surface area (Å²) in [6.07, 6.45) is -3.80. The van der Waals surface area contributed by atoms with Crippen LogP contribution in [0.4, 0.5) is 27.6 Å². The van der Waals surface area contributed by atoms with Gasteiger partial charge in [0.25, 0.3) is 5.91 Å². The molecule has 1 aliphatic heterocycles. The van der Waals surface area contributed by atoms with Crippen molar-refractivity contribution in [2.45, 2.75) is 18.6 Å². The summed E-state index contributed by atoms with van der Waals surface area (Å²) in [5, 5.41) is -0.101. The van der Waals surface area contributed by atoms with Gasteiger partial charge >= 0.3 is 6.18 Å². The fourth-order valence-electron chi connectivity index (χ4n) is 4.16. The number of methoxy groups -OCH3 is 1. The molecule has 3 N–H and O–H groups in total. The number of hydrogen-bond donors (Lipinski definition) is 2. The molecule has 4 rings (SSSR count). The second kappa shape index (κ2) is 8.01. The van der Waals surface area contributed by atoms with Crippen LogP contribution in [0, 0.1) is 17.6 Å². The van der Waals surface area contributed by atoms with Gasteiger partial charge in [-0.25, -0.2) is 4.39 Å². The molecule has 2 aromatic heterocycles. The molecule has 0 saturated carbocycles. The van der Waals surface area contributed by atoms with Crippen LogP contribution in [0.2, 0.25) is 0 Å². The Bertz CT molecular complexity index is 1310. The first-order valence-electron chi connectivity index (χ1n) is 9.70. The maximum atomic E-state index is 14.3. The summed E-state index contributed by atoms with van der Waals surface area (Å²) < 4.78 is 73.8. The molecular formula is C21H17F5N4O3. The third-order valence-electron chi connectivity index (χ3n) is 5.66. The number of hydrogen-bond acceptors (Lipinski definition) is 5. The van der Waals surface area contributed by atoms with Gasteiger partial charge in [0.15, 0.2) is 17.0 Å². The summed E-state index contributed by atoms with van der Waals surface area (Å²) >= 11 is 0. The van der Waals surface area contributed by atoms with E-state index in [0.717, 1.165) is 25.3 Å². The highest BCUT2D eigenvalue weighted by Gasteiger charge is 2.49. The van der Waals surface area contributed by atoms with Crippen molar-refractivity contribution < 1.29 is 31.5 Å². The van der Waals surface area contributed by atoms with Crippen LogP contribution in [0.25, 0.3) is 10.9 Å². The molecule has 2 unspecified atom stereocenters. The van der Waals surface area contributed by atoms with Gasteiger partial charge in [0.2, 0.25) is 5.82 Å². The lowest BCUT2D eigenvalue weighted by molar-refractivity contribution is -0.168. The third kappa shape index (κ3) is 3.85. The van der Waals surface area contributed by atoms with Crippen LogP contribution < -0.4 is 20.8 Å². The molecule has 1 fully saturated rings. The average Bonchev–Trinajstić information content (AvgIpc) is 3.20. The lowest BCUT2D eigenvalue weighted by Crippen LogP contribution is -2.29. The number of alkyl halides is 3. The molecule has 33 heavy (non-hydrogen) atoms. The smallest absolute Gasteiger partial charge is 0.393 e. The molecule has 12 heteroatoms. The highest BCUT2D eigenvalue weighted by atomic mass is 19.4. The van der Waals surface area contributed by atoms with Crippen LogP contribution in [0.1, 0.15) is 28.6 Å². The first kappa shape index (κ1) is 22.5. The summed E-state index contributed by atoms with van der Waals surface area (Å²) in [7, 11) is 1.07. The summed E-state index contributed by atoms with van der Waals surface area (Å²) in [5.41, 5.74) is 4.45. The van der Waals surface area contributed by atoms with E-state index in [1.807, 2.05) is 0 Å². The highest BCUT2D eigenvalue weighted by Crippen LogP contribution is 2.47. The van der Waals surface area contributed by atoms with Gasteiger partial charge in [-0.1, -0.05) is 0 Å². The van der Waals surface area contributed by atoms with Crippen molar-refractivity contribution in [2.75, 3.05) is 18.6 Å². The number of ether oxygens (including phenoxy) is 1. The van der Waals surface area contributed by atoms with E-state index in [2.05, 4.69) is 9.97 Å². The second-order valence-electron chi connectivity index (χ2n) is 7.59. The number of halogens is 5. The van der Waals surface area contributed by atoms with Crippen molar-refractivity contribution in [2.24, 2.45) is 11.7 Å². The molecule has 1 saturated heterocycles. The predicted octanol–water partition coefficient (Wildman–Crippen LogP) is 3.44. The summed E-state index contributed by atoms with van der Waals surface area (Å²) in [4.78, 5) is 32.3. The van der Waals surface area contributed by atoms with Crippen molar-refractivity contribution >= 4 is 22.5 Å². The standard InChI is InChI=1S/C21H17F5N4O3/c1-33-19-13(3-2-10(22)17(19)23)30-8-9(21(24,25)26)6-14(30)12-7-15(31)16-11(29-12)4-5-28-18(16)20(27)32/h2-5,7,9,14H,6,8H2,1H3,(H2,27,32)(H,29,31). The number of anilines is 1. The summed E-state index contributed by atoms with van der Waals surface area (Å²) in [6, 6.07) is 3.29. The van der Waals surface area contributed by atoms with E-state index in [9.17, 15) is 31.5 Å². The number of aromatic nitrogens is 2. The number of pyridine rings is 2. The minimum Gasteiger partial charge on any atom is -0.491 e. The van der Waals surface area contributed by atoms with E-state index in [1.165, 1.54) is 17.2 Å². The SMILES string of the molecule is COc1c(N2CC(C(F)(F)F)CC2c2cc(=O)c3c(C(N)=O)nccc3[nH]2)ccc(F)c1F. The van der Waals surface area contributed by atoms with Gasteiger partial charge in [-0.2, -0.15) is 17.6 Å². The number of benzene rings is 1. The quantitative estimate of drug-likeness (QED) is 0.572. The Labute approximate surface area is 183 Å². The van der Waals surface area contributed by atoms with Crippen LogP contribution in [0.3, 0.4) is 0 Å². The molecule has 0 bridgehead atoms. The Balaban J connectivity index is 1.89. The van der Waals surface area contributed by atoms with Crippen LogP contribution in [-0.2, 0) is 0 Å². The maximum absolute atomic E-state index is 14.3. The summed E-state index contributed by atoms with van der Waals surface area (Å²) in [6.45, 7) is -0.571. The summed E-state index contributed by atoms with van der Waals surface area (Å²) in [5.74, 6) is -5.85. The van der Waals surface area contributed by atoms with Crippen molar-refractivity contribution in [3.63, 3.8) is 0 Å². The Morgan fingerprint density at radius 1 is 1.27 bits per heavy atom. The second-order valence-corrected chi connectivity index (χ2v) is 7.59. The number of nitrogens with zero attached hydrogens (tertiary/aromatic N) is 2. The van der Waals surface area contributed by atoms with Gasteiger partial charge in [-0.15, -0.1) is 0 Å². The maximum Gasteiger partial charge on any atom is 0.393 e. The van der Waals surface area contributed by atoms with Crippen LogP contribution in [0.15, 0.2) is 35.3 Å². The highest BCUT2D eigenvalue weighted by molar-refractivity contribution is 6.03. The Kier molecular flexibility index (Phi) is 5.46.